The summed E-state index contributed by atoms with van der Waals surface area (Å²) in [4.78, 5) is 11.6. The minimum absolute atomic E-state index is 0.101. The summed E-state index contributed by atoms with van der Waals surface area (Å²) in [5, 5.41) is 14.6. The topological polar surface area (TPSA) is 55.1 Å². The van der Waals surface area contributed by atoms with Crippen molar-refractivity contribution in [1.82, 2.24) is 9.78 Å². The van der Waals surface area contributed by atoms with Gasteiger partial charge in [-0.2, -0.15) is 5.10 Å². The van der Waals surface area contributed by atoms with Gasteiger partial charge in [0, 0.05) is 11.0 Å². The van der Waals surface area contributed by atoms with Gasteiger partial charge in [0.2, 0.25) is 0 Å². The van der Waals surface area contributed by atoms with Gasteiger partial charge in [-0.3, -0.25) is 0 Å². The lowest BCUT2D eigenvalue weighted by atomic mass is 9.89. The minimum atomic E-state index is -1.05. The van der Waals surface area contributed by atoms with E-state index in [1.807, 2.05) is 20.8 Å². The van der Waals surface area contributed by atoms with Crippen LogP contribution in [0.25, 0.3) is 5.69 Å². The van der Waals surface area contributed by atoms with Gasteiger partial charge in [-0.05, 0) is 19.1 Å². The van der Waals surface area contributed by atoms with Crippen molar-refractivity contribution < 1.29 is 9.90 Å². The fraction of sp³-hybridized carbons (Fsp3) is 0.333. The first-order chi connectivity index (χ1) is 9.64. The predicted molar refractivity (Wildman–Crippen MR) is 84.0 cm³/mol. The van der Waals surface area contributed by atoms with Gasteiger partial charge in [-0.15, -0.1) is 0 Å². The molecule has 0 spiro atoms. The van der Waals surface area contributed by atoms with Crippen molar-refractivity contribution in [2.45, 2.75) is 33.1 Å². The van der Waals surface area contributed by atoms with Crippen molar-refractivity contribution in [3.63, 3.8) is 0 Å². The van der Waals surface area contributed by atoms with Crippen LogP contribution in [0.2, 0.25) is 10.0 Å². The number of aromatic carboxylic acids is 1. The summed E-state index contributed by atoms with van der Waals surface area (Å²) in [6.07, 6.45) is 0. The van der Waals surface area contributed by atoms with Crippen molar-refractivity contribution >= 4 is 29.2 Å². The van der Waals surface area contributed by atoms with Crippen LogP contribution in [-0.2, 0) is 5.41 Å². The second-order valence-electron chi connectivity index (χ2n) is 5.86. The Bertz CT molecular complexity index is 715. The molecular formula is C15H16Cl2N2O2. The molecule has 0 saturated carbocycles. The Morgan fingerprint density at radius 3 is 2.43 bits per heavy atom. The SMILES string of the molecule is Cc1c(C(C)(C)C)nn(-c2cccc(Cl)c2Cl)c1C(=O)O. The van der Waals surface area contributed by atoms with Gasteiger partial charge >= 0.3 is 5.97 Å². The van der Waals surface area contributed by atoms with E-state index in [1.54, 1.807) is 25.1 Å². The Labute approximate surface area is 133 Å². The molecule has 0 fully saturated rings. The molecule has 0 radical (unpaired) electrons. The minimum Gasteiger partial charge on any atom is -0.477 e. The molecule has 6 heteroatoms. The predicted octanol–water partition coefficient (Wildman–Crippen LogP) is 4.48. The molecule has 2 aromatic rings. The summed E-state index contributed by atoms with van der Waals surface area (Å²) >= 11 is 12.2. The average Bonchev–Trinajstić information content (AvgIpc) is 2.70. The average molecular weight is 327 g/mol. The molecule has 1 aromatic heterocycles. The Morgan fingerprint density at radius 2 is 1.90 bits per heavy atom. The maximum atomic E-state index is 11.6. The zero-order chi connectivity index (χ0) is 15.9. The molecule has 1 heterocycles. The zero-order valence-corrected chi connectivity index (χ0v) is 13.7. The van der Waals surface area contributed by atoms with Gasteiger partial charge in [0.1, 0.15) is 0 Å². The third-order valence-corrected chi connectivity index (χ3v) is 4.00. The molecule has 1 aromatic carbocycles. The number of nitrogens with zero attached hydrogens (tertiary/aromatic N) is 2. The van der Waals surface area contributed by atoms with Crippen LogP contribution < -0.4 is 0 Å². The summed E-state index contributed by atoms with van der Waals surface area (Å²) in [7, 11) is 0. The van der Waals surface area contributed by atoms with E-state index in [0.717, 1.165) is 5.69 Å². The van der Waals surface area contributed by atoms with Gasteiger partial charge in [0.25, 0.3) is 0 Å². The second-order valence-corrected chi connectivity index (χ2v) is 6.65. The molecule has 0 atom stereocenters. The molecule has 0 aliphatic heterocycles. The number of hydrogen-bond donors (Lipinski definition) is 1. The van der Waals surface area contributed by atoms with E-state index in [9.17, 15) is 9.90 Å². The van der Waals surface area contributed by atoms with E-state index in [2.05, 4.69) is 5.10 Å². The quantitative estimate of drug-likeness (QED) is 0.884. The zero-order valence-electron chi connectivity index (χ0n) is 12.2. The normalized spacial score (nSPS) is 11.7. The molecular weight excluding hydrogens is 311 g/mol. The lowest BCUT2D eigenvalue weighted by molar-refractivity contribution is 0.0686. The van der Waals surface area contributed by atoms with Gasteiger partial charge in [-0.1, -0.05) is 50.0 Å². The molecule has 0 amide bonds. The standard InChI is InChI=1S/C15H16Cl2N2O2/c1-8-12(14(20)21)19(18-13(8)15(2,3)4)10-7-5-6-9(16)11(10)17/h5-7H,1-4H3,(H,20,21). The molecule has 112 valence electrons. The number of carbonyl (C=O) groups is 1. The van der Waals surface area contributed by atoms with Crippen LogP contribution >= 0.6 is 23.2 Å². The van der Waals surface area contributed by atoms with Gasteiger partial charge in [-0.25, -0.2) is 9.48 Å². The summed E-state index contributed by atoms with van der Waals surface area (Å²) in [5.41, 5.74) is 1.64. The first kappa shape index (κ1) is 15.9. The van der Waals surface area contributed by atoms with Crippen LogP contribution in [0.15, 0.2) is 18.2 Å². The number of rotatable bonds is 2. The van der Waals surface area contributed by atoms with Crippen molar-refractivity contribution in [3.8, 4) is 5.69 Å². The Balaban J connectivity index is 2.80. The monoisotopic (exact) mass is 326 g/mol. The Morgan fingerprint density at radius 1 is 1.29 bits per heavy atom. The maximum Gasteiger partial charge on any atom is 0.354 e. The molecule has 0 aliphatic rings. The van der Waals surface area contributed by atoms with E-state index in [0.29, 0.717) is 16.3 Å². The summed E-state index contributed by atoms with van der Waals surface area (Å²) in [6, 6.07) is 5.05. The molecule has 0 saturated heterocycles. The van der Waals surface area contributed by atoms with E-state index in [4.69, 9.17) is 23.2 Å². The van der Waals surface area contributed by atoms with Crippen molar-refractivity contribution in [3.05, 3.63) is 45.2 Å². The van der Waals surface area contributed by atoms with Crippen molar-refractivity contribution in [2.24, 2.45) is 0 Å². The molecule has 4 nitrogen and oxygen atoms in total. The summed E-state index contributed by atoms with van der Waals surface area (Å²) < 4.78 is 1.35. The van der Waals surface area contributed by atoms with Gasteiger partial charge in [0.15, 0.2) is 5.69 Å². The molecule has 0 unspecified atom stereocenters. The number of hydrogen-bond acceptors (Lipinski definition) is 2. The lowest BCUT2D eigenvalue weighted by Crippen LogP contribution is -2.14. The van der Waals surface area contributed by atoms with Gasteiger partial charge < -0.3 is 5.11 Å². The third kappa shape index (κ3) is 2.78. The first-order valence-electron chi connectivity index (χ1n) is 6.42. The smallest absolute Gasteiger partial charge is 0.354 e. The molecule has 2 rings (SSSR count). The molecule has 21 heavy (non-hydrogen) atoms. The van der Waals surface area contributed by atoms with E-state index in [-0.39, 0.29) is 16.1 Å². The largest absolute Gasteiger partial charge is 0.477 e. The Kier molecular flexibility index (Phi) is 4.04. The second kappa shape index (κ2) is 5.35. The van der Waals surface area contributed by atoms with Gasteiger partial charge in [0.05, 0.1) is 21.4 Å². The maximum absolute atomic E-state index is 11.6. The highest BCUT2D eigenvalue weighted by Crippen LogP contribution is 2.33. The van der Waals surface area contributed by atoms with E-state index in [1.165, 1.54) is 4.68 Å². The highest BCUT2D eigenvalue weighted by atomic mass is 35.5. The van der Waals surface area contributed by atoms with E-state index < -0.39 is 5.97 Å². The number of halogens is 2. The first-order valence-corrected chi connectivity index (χ1v) is 7.18. The lowest BCUT2D eigenvalue weighted by Gasteiger charge is -2.16. The molecule has 0 bridgehead atoms. The molecule has 0 aliphatic carbocycles. The van der Waals surface area contributed by atoms with Crippen LogP contribution in [0.5, 0.6) is 0 Å². The highest BCUT2D eigenvalue weighted by Gasteiger charge is 2.28. The fourth-order valence-electron chi connectivity index (χ4n) is 2.29. The summed E-state index contributed by atoms with van der Waals surface area (Å²) in [6.45, 7) is 7.71. The van der Waals surface area contributed by atoms with E-state index >= 15 is 0 Å². The van der Waals surface area contributed by atoms with Crippen LogP contribution in [0.4, 0.5) is 0 Å². The van der Waals surface area contributed by atoms with Crippen molar-refractivity contribution in [2.75, 3.05) is 0 Å². The number of benzene rings is 1. The van der Waals surface area contributed by atoms with Crippen LogP contribution in [0.1, 0.15) is 42.5 Å². The fourth-order valence-corrected chi connectivity index (χ4v) is 2.67. The van der Waals surface area contributed by atoms with Crippen LogP contribution in [0.3, 0.4) is 0 Å². The molecule has 1 N–H and O–H groups in total. The van der Waals surface area contributed by atoms with Crippen LogP contribution in [-0.4, -0.2) is 20.9 Å². The highest BCUT2D eigenvalue weighted by molar-refractivity contribution is 6.43. The Hall–Kier alpha value is -1.52. The number of carboxylic acids is 1. The van der Waals surface area contributed by atoms with Crippen LogP contribution in [0, 0.1) is 6.92 Å². The summed E-state index contributed by atoms with van der Waals surface area (Å²) in [5.74, 6) is -1.05. The van der Waals surface area contributed by atoms with Crippen molar-refractivity contribution in [1.29, 1.82) is 0 Å². The number of aromatic nitrogens is 2. The third-order valence-electron chi connectivity index (χ3n) is 3.19. The number of carboxylic acid groups (broad SMARTS) is 1.